The average molecular weight is 383 g/mol. The maximum Gasteiger partial charge on any atom is 0.337 e. The smallest absolute Gasteiger partial charge is 0.337 e. The third kappa shape index (κ3) is 4.71. The highest BCUT2D eigenvalue weighted by Gasteiger charge is 2.28. The van der Waals surface area contributed by atoms with Crippen LogP contribution in [0.25, 0.3) is 0 Å². The number of hydrogen-bond acceptors (Lipinski definition) is 4. The highest BCUT2D eigenvalue weighted by atomic mass is 16.5. The fourth-order valence-corrected chi connectivity index (χ4v) is 3.55. The molecular formula is C21H29N5O2. The van der Waals surface area contributed by atoms with Crippen molar-refractivity contribution in [3.8, 4) is 0 Å². The molecule has 1 fully saturated rings. The van der Waals surface area contributed by atoms with Crippen molar-refractivity contribution in [3.05, 3.63) is 54.1 Å². The van der Waals surface area contributed by atoms with Gasteiger partial charge in [-0.05, 0) is 37.0 Å². The van der Waals surface area contributed by atoms with Gasteiger partial charge in [0, 0.05) is 32.0 Å². The van der Waals surface area contributed by atoms with Gasteiger partial charge in [0.1, 0.15) is 0 Å². The molecule has 1 aliphatic rings. The number of esters is 1. The first-order valence-corrected chi connectivity index (χ1v) is 9.80. The number of piperidine rings is 1. The average Bonchev–Trinajstić information content (AvgIpc) is 3.26. The van der Waals surface area contributed by atoms with Crippen LogP contribution in [0.1, 0.15) is 42.2 Å². The van der Waals surface area contributed by atoms with Gasteiger partial charge in [0.15, 0.2) is 5.96 Å². The van der Waals surface area contributed by atoms with Gasteiger partial charge in [0.2, 0.25) is 0 Å². The lowest BCUT2D eigenvalue weighted by Gasteiger charge is -2.39. The number of aromatic nitrogens is 2. The molecule has 1 aromatic carbocycles. The summed E-state index contributed by atoms with van der Waals surface area (Å²) in [6.45, 7) is 7.66. The van der Waals surface area contributed by atoms with E-state index in [1.54, 1.807) is 12.1 Å². The third-order valence-corrected chi connectivity index (χ3v) is 5.25. The lowest BCUT2D eigenvalue weighted by molar-refractivity contribution is 0.0600. The predicted molar refractivity (Wildman–Crippen MR) is 109 cm³/mol. The molecule has 0 bridgehead atoms. The summed E-state index contributed by atoms with van der Waals surface area (Å²) in [5.74, 6) is 1.20. The zero-order chi connectivity index (χ0) is 19.9. The van der Waals surface area contributed by atoms with Gasteiger partial charge in [-0.25, -0.2) is 14.8 Å². The SMILES string of the molecule is CCNC(=NCc1ccc(C(=O)OC)cc1)N1CCC(C)C(n2ccnc2)C1. The van der Waals surface area contributed by atoms with Crippen molar-refractivity contribution in [3.63, 3.8) is 0 Å². The number of nitrogens with one attached hydrogen (secondary N) is 1. The Morgan fingerprint density at radius 2 is 2.14 bits per heavy atom. The second-order valence-electron chi connectivity index (χ2n) is 7.15. The Bertz CT molecular complexity index is 786. The Balaban J connectivity index is 1.70. The number of carbonyl (C=O) groups is 1. The molecule has 7 nitrogen and oxygen atoms in total. The number of ether oxygens (including phenoxy) is 1. The second-order valence-corrected chi connectivity index (χ2v) is 7.15. The summed E-state index contributed by atoms with van der Waals surface area (Å²) in [4.78, 5) is 22.9. The van der Waals surface area contributed by atoms with Crippen molar-refractivity contribution >= 4 is 11.9 Å². The van der Waals surface area contributed by atoms with E-state index in [9.17, 15) is 4.79 Å². The second kappa shape index (κ2) is 9.39. The topological polar surface area (TPSA) is 71.8 Å². The fraction of sp³-hybridized carbons (Fsp3) is 0.476. The minimum Gasteiger partial charge on any atom is -0.465 e. The van der Waals surface area contributed by atoms with E-state index < -0.39 is 0 Å². The first-order chi connectivity index (χ1) is 13.6. The van der Waals surface area contributed by atoms with Crippen molar-refractivity contribution in [2.24, 2.45) is 10.9 Å². The molecule has 2 unspecified atom stereocenters. The van der Waals surface area contributed by atoms with E-state index in [4.69, 9.17) is 9.73 Å². The molecule has 0 aliphatic carbocycles. The van der Waals surface area contributed by atoms with Crippen LogP contribution in [0.4, 0.5) is 0 Å². The highest BCUT2D eigenvalue weighted by Crippen LogP contribution is 2.27. The van der Waals surface area contributed by atoms with E-state index in [0.29, 0.717) is 24.1 Å². The summed E-state index contributed by atoms with van der Waals surface area (Å²) in [5, 5.41) is 3.42. The van der Waals surface area contributed by atoms with Gasteiger partial charge in [0.25, 0.3) is 0 Å². The first-order valence-electron chi connectivity index (χ1n) is 9.80. The van der Waals surface area contributed by atoms with Gasteiger partial charge in [0.05, 0.1) is 31.6 Å². The standard InChI is InChI=1S/C21H29N5O2/c1-4-23-21(24-13-17-5-7-18(8-6-17)20(27)28-3)25-11-9-16(2)19(14-25)26-12-10-22-15-26/h5-8,10,12,15-16,19H,4,9,11,13-14H2,1-3H3,(H,23,24). The quantitative estimate of drug-likeness (QED) is 0.488. The van der Waals surface area contributed by atoms with Crippen LogP contribution in [0.2, 0.25) is 0 Å². The van der Waals surface area contributed by atoms with Crippen LogP contribution in [0.3, 0.4) is 0 Å². The van der Waals surface area contributed by atoms with Gasteiger partial charge in [-0.15, -0.1) is 0 Å². The predicted octanol–water partition coefficient (Wildman–Crippen LogP) is 2.72. The molecule has 2 atom stereocenters. The molecule has 28 heavy (non-hydrogen) atoms. The largest absolute Gasteiger partial charge is 0.465 e. The normalized spacial score (nSPS) is 20.1. The van der Waals surface area contributed by atoms with Crippen LogP contribution in [-0.4, -0.2) is 53.1 Å². The van der Waals surface area contributed by atoms with Crippen molar-refractivity contribution in [2.45, 2.75) is 32.9 Å². The van der Waals surface area contributed by atoms with Crippen molar-refractivity contribution in [1.29, 1.82) is 0 Å². The molecule has 1 aromatic heterocycles. The van der Waals surface area contributed by atoms with E-state index in [1.807, 2.05) is 30.9 Å². The summed E-state index contributed by atoms with van der Waals surface area (Å²) in [7, 11) is 1.39. The van der Waals surface area contributed by atoms with Gasteiger partial charge >= 0.3 is 5.97 Å². The van der Waals surface area contributed by atoms with Crippen molar-refractivity contribution < 1.29 is 9.53 Å². The molecule has 0 amide bonds. The molecule has 0 saturated carbocycles. The lowest BCUT2D eigenvalue weighted by Crippen LogP contribution is -2.49. The summed E-state index contributed by atoms with van der Waals surface area (Å²) < 4.78 is 6.95. The molecule has 150 valence electrons. The number of imidazole rings is 1. The number of rotatable bonds is 5. The number of benzene rings is 1. The van der Waals surface area contributed by atoms with Crippen LogP contribution < -0.4 is 5.32 Å². The maximum absolute atomic E-state index is 11.6. The van der Waals surface area contributed by atoms with Crippen molar-refractivity contribution in [2.75, 3.05) is 26.7 Å². The number of carbonyl (C=O) groups excluding carboxylic acids is 1. The van der Waals surface area contributed by atoms with Crippen LogP contribution in [0.5, 0.6) is 0 Å². The van der Waals surface area contributed by atoms with E-state index in [0.717, 1.165) is 37.6 Å². The summed E-state index contributed by atoms with van der Waals surface area (Å²) >= 11 is 0. The first kappa shape index (κ1) is 19.9. The molecule has 2 heterocycles. The van der Waals surface area contributed by atoms with E-state index in [2.05, 4.69) is 33.6 Å². The third-order valence-electron chi connectivity index (χ3n) is 5.25. The highest BCUT2D eigenvalue weighted by molar-refractivity contribution is 5.89. The van der Waals surface area contributed by atoms with E-state index >= 15 is 0 Å². The summed E-state index contributed by atoms with van der Waals surface area (Å²) in [6, 6.07) is 7.79. The number of hydrogen-bond donors (Lipinski definition) is 1. The zero-order valence-electron chi connectivity index (χ0n) is 16.8. The van der Waals surface area contributed by atoms with Gasteiger partial charge in [-0.1, -0.05) is 19.1 Å². The van der Waals surface area contributed by atoms with Crippen LogP contribution in [0.15, 0.2) is 48.0 Å². The van der Waals surface area contributed by atoms with Crippen LogP contribution in [-0.2, 0) is 11.3 Å². The van der Waals surface area contributed by atoms with Crippen LogP contribution in [0, 0.1) is 5.92 Å². The molecule has 7 heteroatoms. The summed E-state index contributed by atoms with van der Waals surface area (Å²) in [6.07, 6.45) is 6.89. The summed E-state index contributed by atoms with van der Waals surface area (Å²) in [5.41, 5.74) is 1.61. The molecule has 3 rings (SSSR count). The number of nitrogens with zero attached hydrogens (tertiary/aromatic N) is 4. The molecule has 1 N–H and O–H groups in total. The Kier molecular flexibility index (Phi) is 6.68. The lowest BCUT2D eigenvalue weighted by atomic mass is 9.93. The Morgan fingerprint density at radius 3 is 2.79 bits per heavy atom. The Labute approximate surface area is 166 Å². The minimum atomic E-state index is -0.323. The fourth-order valence-electron chi connectivity index (χ4n) is 3.55. The number of methoxy groups -OCH3 is 1. The monoisotopic (exact) mass is 383 g/mol. The zero-order valence-corrected chi connectivity index (χ0v) is 16.8. The van der Waals surface area contributed by atoms with Gasteiger partial charge < -0.3 is 19.5 Å². The number of aliphatic imine (C=N–C) groups is 1. The van der Waals surface area contributed by atoms with Gasteiger partial charge in [-0.2, -0.15) is 0 Å². The Morgan fingerprint density at radius 1 is 1.36 bits per heavy atom. The molecule has 0 radical (unpaired) electrons. The minimum absolute atomic E-state index is 0.323. The van der Waals surface area contributed by atoms with E-state index in [-0.39, 0.29) is 5.97 Å². The Hall–Kier alpha value is -2.83. The molecule has 1 saturated heterocycles. The molecule has 2 aromatic rings. The van der Waals surface area contributed by atoms with Crippen LogP contribution >= 0.6 is 0 Å². The maximum atomic E-state index is 11.6. The molecular weight excluding hydrogens is 354 g/mol. The number of guanidine groups is 1. The molecule has 0 spiro atoms. The van der Waals surface area contributed by atoms with E-state index in [1.165, 1.54) is 7.11 Å². The van der Waals surface area contributed by atoms with Crippen molar-refractivity contribution in [1.82, 2.24) is 19.8 Å². The number of likely N-dealkylation sites (tertiary alicyclic amines) is 1. The van der Waals surface area contributed by atoms with Gasteiger partial charge in [-0.3, -0.25) is 0 Å². The molecule has 1 aliphatic heterocycles.